The van der Waals surface area contributed by atoms with Crippen LogP contribution < -0.4 is 10.5 Å². The zero-order chi connectivity index (χ0) is 15.3. The number of sulfonamides is 1. The summed E-state index contributed by atoms with van der Waals surface area (Å²) in [4.78, 5) is 2.07. The van der Waals surface area contributed by atoms with Gasteiger partial charge in [0.15, 0.2) is 0 Å². The summed E-state index contributed by atoms with van der Waals surface area (Å²) in [6.07, 6.45) is 1.50. The Bertz CT molecular complexity index is 566. The minimum atomic E-state index is -3.31. The van der Waals surface area contributed by atoms with Gasteiger partial charge in [0.1, 0.15) is 5.84 Å². The predicted octanol–water partition coefficient (Wildman–Crippen LogP) is 0.506. The van der Waals surface area contributed by atoms with Crippen LogP contribution >= 0.6 is 0 Å². The number of nitrogens with two attached hydrogens (primary N) is 1. The van der Waals surface area contributed by atoms with E-state index in [9.17, 15) is 8.42 Å². The molecule has 1 aromatic carbocycles. The Balaban J connectivity index is 1.83. The van der Waals surface area contributed by atoms with Crippen LogP contribution in [0.5, 0.6) is 0 Å². The van der Waals surface area contributed by atoms with E-state index in [1.54, 1.807) is 0 Å². The summed E-state index contributed by atoms with van der Waals surface area (Å²) >= 11 is 0. The molecule has 1 aliphatic heterocycles. The minimum absolute atomic E-state index is 0.0154. The van der Waals surface area contributed by atoms with Crippen molar-refractivity contribution in [2.24, 2.45) is 5.73 Å². The SMILES string of the molecule is N=C(N)CN1CCC(NS(=O)(=O)Cc2ccccc2)CC1. The molecule has 0 spiro atoms. The topological polar surface area (TPSA) is 99.3 Å². The lowest BCUT2D eigenvalue weighted by molar-refractivity contribution is 0.231. The molecule has 21 heavy (non-hydrogen) atoms. The number of nitrogens with one attached hydrogen (secondary N) is 2. The summed E-state index contributed by atoms with van der Waals surface area (Å²) in [6.45, 7) is 1.99. The van der Waals surface area contributed by atoms with Gasteiger partial charge in [0.05, 0.1) is 12.3 Å². The third-order valence-electron chi connectivity index (χ3n) is 3.53. The predicted molar refractivity (Wildman–Crippen MR) is 83.6 cm³/mol. The molecule has 0 radical (unpaired) electrons. The summed E-state index contributed by atoms with van der Waals surface area (Å²) in [5.41, 5.74) is 6.17. The Morgan fingerprint density at radius 1 is 1.29 bits per heavy atom. The number of hydrogen-bond acceptors (Lipinski definition) is 4. The molecule has 7 heteroatoms. The molecule has 0 aliphatic carbocycles. The normalized spacial score (nSPS) is 17.7. The maximum absolute atomic E-state index is 12.1. The van der Waals surface area contributed by atoms with Gasteiger partial charge in [0.25, 0.3) is 0 Å². The second kappa shape index (κ2) is 7.02. The molecule has 2 rings (SSSR count). The highest BCUT2D eigenvalue weighted by Gasteiger charge is 2.23. The summed E-state index contributed by atoms with van der Waals surface area (Å²) in [7, 11) is -3.31. The first-order valence-electron chi connectivity index (χ1n) is 7.04. The Morgan fingerprint density at radius 2 is 1.90 bits per heavy atom. The van der Waals surface area contributed by atoms with E-state index in [1.165, 1.54) is 0 Å². The Labute approximate surface area is 125 Å². The van der Waals surface area contributed by atoms with Crippen LogP contribution in [0, 0.1) is 5.41 Å². The van der Waals surface area contributed by atoms with Crippen molar-refractivity contribution in [1.82, 2.24) is 9.62 Å². The van der Waals surface area contributed by atoms with Crippen LogP contribution in [0.15, 0.2) is 30.3 Å². The summed E-state index contributed by atoms with van der Waals surface area (Å²) < 4.78 is 27.1. The van der Waals surface area contributed by atoms with Crippen LogP contribution in [-0.2, 0) is 15.8 Å². The molecule has 1 saturated heterocycles. The first kappa shape index (κ1) is 15.9. The van der Waals surface area contributed by atoms with E-state index < -0.39 is 10.0 Å². The van der Waals surface area contributed by atoms with E-state index in [4.69, 9.17) is 11.1 Å². The van der Waals surface area contributed by atoms with Gasteiger partial charge in [0.2, 0.25) is 10.0 Å². The van der Waals surface area contributed by atoms with Crippen LogP contribution in [0.2, 0.25) is 0 Å². The Morgan fingerprint density at radius 3 is 2.48 bits per heavy atom. The van der Waals surface area contributed by atoms with Crippen LogP contribution in [0.1, 0.15) is 18.4 Å². The molecule has 0 saturated carbocycles. The minimum Gasteiger partial charge on any atom is -0.387 e. The van der Waals surface area contributed by atoms with Crippen molar-refractivity contribution in [2.45, 2.75) is 24.6 Å². The standard InChI is InChI=1S/C14H22N4O2S/c15-14(16)10-18-8-6-13(7-9-18)17-21(19,20)11-12-4-2-1-3-5-12/h1-5,13,17H,6-11H2,(H3,15,16). The molecule has 4 N–H and O–H groups in total. The van der Waals surface area contributed by atoms with E-state index in [0.717, 1.165) is 31.5 Å². The highest BCUT2D eigenvalue weighted by atomic mass is 32.2. The van der Waals surface area contributed by atoms with E-state index in [0.29, 0.717) is 6.54 Å². The molecule has 1 aliphatic rings. The van der Waals surface area contributed by atoms with Gasteiger partial charge >= 0.3 is 0 Å². The van der Waals surface area contributed by atoms with Crippen LogP contribution in [0.25, 0.3) is 0 Å². The first-order valence-corrected chi connectivity index (χ1v) is 8.69. The highest BCUT2D eigenvalue weighted by molar-refractivity contribution is 7.88. The molecule has 0 amide bonds. The van der Waals surface area contributed by atoms with Crippen molar-refractivity contribution in [3.05, 3.63) is 35.9 Å². The van der Waals surface area contributed by atoms with Crippen molar-refractivity contribution in [1.29, 1.82) is 5.41 Å². The third-order valence-corrected chi connectivity index (χ3v) is 4.93. The molecule has 116 valence electrons. The van der Waals surface area contributed by atoms with Crippen molar-refractivity contribution < 1.29 is 8.42 Å². The largest absolute Gasteiger partial charge is 0.387 e. The molecule has 0 unspecified atom stereocenters. The van der Waals surface area contributed by atoms with Crippen molar-refractivity contribution >= 4 is 15.9 Å². The van der Waals surface area contributed by atoms with Crippen LogP contribution in [0.4, 0.5) is 0 Å². The van der Waals surface area contributed by atoms with Gasteiger partial charge in [-0.2, -0.15) is 0 Å². The van der Waals surface area contributed by atoms with Gasteiger partial charge in [-0.25, -0.2) is 13.1 Å². The smallest absolute Gasteiger partial charge is 0.216 e. The van der Waals surface area contributed by atoms with Crippen molar-refractivity contribution in [3.63, 3.8) is 0 Å². The Kier molecular flexibility index (Phi) is 5.33. The maximum Gasteiger partial charge on any atom is 0.216 e. The number of hydrogen-bond donors (Lipinski definition) is 3. The van der Waals surface area contributed by atoms with Crippen LogP contribution in [0.3, 0.4) is 0 Å². The Hall–Kier alpha value is -1.44. The number of benzene rings is 1. The number of nitrogens with zero attached hydrogens (tertiary/aromatic N) is 1. The average molecular weight is 310 g/mol. The zero-order valence-corrected chi connectivity index (χ0v) is 12.8. The fourth-order valence-electron chi connectivity index (χ4n) is 2.54. The summed E-state index contributed by atoms with van der Waals surface area (Å²) in [5, 5.41) is 7.27. The highest BCUT2D eigenvalue weighted by Crippen LogP contribution is 2.12. The van der Waals surface area contributed by atoms with Crippen molar-refractivity contribution in [2.75, 3.05) is 19.6 Å². The third kappa shape index (κ3) is 5.45. The number of likely N-dealkylation sites (tertiary alicyclic amines) is 1. The number of amidine groups is 1. The fourth-order valence-corrected chi connectivity index (χ4v) is 4.00. The number of piperidine rings is 1. The van der Waals surface area contributed by atoms with E-state index >= 15 is 0 Å². The summed E-state index contributed by atoms with van der Waals surface area (Å²) in [5.74, 6) is 0.166. The second-order valence-corrected chi connectivity index (χ2v) is 7.19. The van der Waals surface area contributed by atoms with Gasteiger partial charge < -0.3 is 5.73 Å². The molecular weight excluding hydrogens is 288 g/mol. The molecule has 1 heterocycles. The van der Waals surface area contributed by atoms with E-state index in [1.807, 2.05) is 30.3 Å². The molecule has 6 nitrogen and oxygen atoms in total. The lowest BCUT2D eigenvalue weighted by Gasteiger charge is -2.31. The van der Waals surface area contributed by atoms with Gasteiger partial charge in [-0.3, -0.25) is 10.3 Å². The molecule has 0 atom stereocenters. The van der Waals surface area contributed by atoms with Gasteiger partial charge in [-0.05, 0) is 18.4 Å². The van der Waals surface area contributed by atoms with Crippen LogP contribution in [-0.4, -0.2) is 44.8 Å². The first-order chi connectivity index (χ1) is 9.94. The molecular formula is C14H22N4O2S. The zero-order valence-electron chi connectivity index (χ0n) is 12.0. The van der Waals surface area contributed by atoms with Gasteiger partial charge in [-0.15, -0.1) is 0 Å². The average Bonchev–Trinajstić information content (AvgIpc) is 2.40. The lowest BCUT2D eigenvalue weighted by atomic mass is 10.1. The molecule has 0 bridgehead atoms. The number of rotatable bonds is 6. The maximum atomic E-state index is 12.1. The van der Waals surface area contributed by atoms with Gasteiger partial charge in [-0.1, -0.05) is 30.3 Å². The summed E-state index contributed by atoms with van der Waals surface area (Å²) in [6, 6.07) is 9.15. The monoisotopic (exact) mass is 310 g/mol. The molecule has 1 aromatic rings. The van der Waals surface area contributed by atoms with Crippen molar-refractivity contribution in [3.8, 4) is 0 Å². The lowest BCUT2D eigenvalue weighted by Crippen LogP contribution is -2.46. The quantitative estimate of drug-likeness (QED) is 0.526. The molecule has 1 fully saturated rings. The fraction of sp³-hybridized carbons (Fsp3) is 0.500. The second-order valence-electron chi connectivity index (χ2n) is 5.44. The van der Waals surface area contributed by atoms with E-state index in [2.05, 4.69) is 9.62 Å². The molecule has 0 aromatic heterocycles. The van der Waals surface area contributed by atoms with Gasteiger partial charge in [0, 0.05) is 19.1 Å². The van der Waals surface area contributed by atoms with E-state index in [-0.39, 0.29) is 17.6 Å².